The van der Waals surface area contributed by atoms with Gasteiger partial charge in [0.1, 0.15) is 4.90 Å². The van der Waals surface area contributed by atoms with Crippen molar-refractivity contribution < 1.29 is 30.0 Å². The van der Waals surface area contributed by atoms with Crippen LogP contribution in [0, 0.1) is 0 Å². The van der Waals surface area contributed by atoms with Crippen LogP contribution in [-0.4, -0.2) is 5.78 Å². The first kappa shape index (κ1) is 26.9. The predicted octanol–water partition coefficient (Wildman–Crippen LogP) is 9.13. The van der Waals surface area contributed by atoms with Crippen molar-refractivity contribution in [1.29, 1.82) is 0 Å². The number of carbonyl (C=O) groups is 1. The topological polar surface area (TPSA) is 17.1 Å². The van der Waals surface area contributed by atoms with Gasteiger partial charge in [-0.15, -0.1) is 0 Å². The Morgan fingerprint density at radius 2 is 1.23 bits per heavy atom. The van der Waals surface area contributed by atoms with Gasteiger partial charge in [0.25, 0.3) is 0 Å². The molecule has 0 aliphatic rings. The fourth-order valence-corrected chi connectivity index (χ4v) is 3.38. The van der Waals surface area contributed by atoms with Crippen molar-refractivity contribution in [2.75, 3.05) is 0 Å². The second-order valence-electron chi connectivity index (χ2n) is 6.70. The van der Waals surface area contributed by atoms with Crippen LogP contribution in [0.1, 0.15) is 55.8 Å². The van der Waals surface area contributed by atoms with E-state index < -0.39 is 7.81 Å². The fourth-order valence-electron chi connectivity index (χ4n) is 2.40. The van der Waals surface area contributed by atoms with Crippen LogP contribution in [0.2, 0.25) is 0 Å². The van der Waals surface area contributed by atoms with Crippen molar-refractivity contribution in [3.05, 3.63) is 54.1 Å². The molecule has 2 aromatic carbocycles. The number of halogens is 6. The van der Waals surface area contributed by atoms with Crippen LogP contribution in [0.15, 0.2) is 63.2 Å². The molecular formula is C20H25F6OPS2. The predicted molar refractivity (Wildman–Crippen MR) is 117 cm³/mol. The molecule has 2 rings (SSSR count). The van der Waals surface area contributed by atoms with E-state index in [-0.39, 0.29) is 5.78 Å². The summed E-state index contributed by atoms with van der Waals surface area (Å²) in [5.41, 5.74) is 0.834. The van der Waals surface area contributed by atoms with Crippen LogP contribution < -0.4 is 0 Å². The van der Waals surface area contributed by atoms with Crippen LogP contribution in [0.25, 0.3) is 0 Å². The van der Waals surface area contributed by atoms with E-state index in [1.807, 2.05) is 36.4 Å². The van der Waals surface area contributed by atoms with Crippen LogP contribution >= 0.6 is 19.6 Å². The third kappa shape index (κ3) is 15.6. The number of carbonyl (C=O) groups excluding carboxylic acids is 1. The molecule has 0 heterocycles. The van der Waals surface area contributed by atoms with Gasteiger partial charge in [-0.25, -0.2) is 0 Å². The zero-order valence-corrected chi connectivity index (χ0v) is 19.1. The Labute approximate surface area is 182 Å². The van der Waals surface area contributed by atoms with Crippen molar-refractivity contribution in [2.24, 2.45) is 0 Å². The average Bonchev–Trinajstić information content (AvgIpc) is 2.61. The van der Waals surface area contributed by atoms with Gasteiger partial charge in [-0.05, 0) is 55.4 Å². The second kappa shape index (κ2) is 10.4. The van der Waals surface area contributed by atoms with Crippen LogP contribution in [0.5, 0.6) is 0 Å². The molecule has 0 aromatic heterocycles. The molecule has 2 aromatic rings. The Morgan fingerprint density at radius 3 is 1.70 bits per heavy atom. The maximum atomic E-state index is 12.2. The van der Waals surface area contributed by atoms with E-state index in [1.54, 1.807) is 11.8 Å². The summed E-state index contributed by atoms with van der Waals surface area (Å²) in [4.78, 5) is 15.6. The summed E-state index contributed by atoms with van der Waals surface area (Å²) in [6, 6.07) is 16.2. The number of benzene rings is 2. The molecular weight excluding hydrogens is 465 g/mol. The van der Waals surface area contributed by atoms with Crippen LogP contribution in [0.4, 0.5) is 25.2 Å². The zero-order chi connectivity index (χ0) is 22.9. The van der Waals surface area contributed by atoms with Gasteiger partial charge in [-0.3, -0.25) is 4.79 Å². The summed E-state index contributed by atoms with van der Waals surface area (Å²) >= 11 is 5.20. The van der Waals surface area contributed by atoms with Gasteiger partial charge < -0.3 is 0 Å². The van der Waals surface area contributed by atoms with Gasteiger partial charge in [-0.1, -0.05) is 56.5 Å². The zero-order valence-electron chi connectivity index (χ0n) is 16.4. The van der Waals surface area contributed by atoms with Crippen LogP contribution in [-0.2, 0) is 12.6 Å². The standard InChI is InChI=1S/C20H24OS2.F6P/c1-2-3-4-5-6-7-20(21)16-8-12-18(13-9-16)23-19-14-10-17(22)11-15-19;1-7(2,3,4,5)6/h8-15,22H,2-7H2,1H3;/q;-1/p+1. The summed E-state index contributed by atoms with van der Waals surface area (Å²) < 4.78 is 59.2. The van der Waals surface area contributed by atoms with E-state index in [1.165, 1.54) is 24.2 Å². The Bertz CT molecular complexity index is 795. The summed E-state index contributed by atoms with van der Waals surface area (Å²) in [7, 11) is -10.7. The molecule has 1 nitrogen and oxygen atoms in total. The molecule has 0 radical (unpaired) electrons. The number of hydrogen-bond donors (Lipinski definition) is 0. The molecule has 0 aliphatic carbocycles. The van der Waals surface area contributed by atoms with Crippen molar-refractivity contribution in [3.8, 4) is 0 Å². The maximum absolute atomic E-state index is 12.2. The summed E-state index contributed by atoms with van der Waals surface area (Å²) in [6.07, 6.45) is 6.60. The summed E-state index contributed by atoms with van der Waals surface area (Å²) in [6.45, 7) is 2.21. The van der Waals surface area contributed by atoms with Crippen molar-refractivity contribution in [2.45, 2.75) is 60.1 Å². The summed E-state index contributed by atoms with van der Waals surface area (Å²) in [5.74, 6) is 0.265. The van der Waals surface area contributed by atoms with Crippen molar-refractivity contribution in [1.82, 2.24) is 0 Å². The third-order valence-electron chi connectivity index (χ3n) is 3.77. The Balaban J connectivity index is 0.000000553. The Morgan fingerprint density at radius 1 is 0.800 bits per heavy atom. The van der Waals surface area contributed by atoms with Crippen LogP contribution in [0.3, 0.4) is 0 Å². The summed E-state index contributed by atoms with van der Waals surface area (Å²) in [5, 5.41) is 0. The van der Waals surface area contributed by atoms with E-state index in [0.717, 1.165) is 28.2 Å². The Kier molecular flexibility index (Phi) is 9.33. The number of hydrogen-bond acceptors (Lipinski definition) is 2. The molecule has 170 valence electrons. The molecule has 0 saturated heterocycles. The van der Waals surface area contributed by atoms with Gasteiger partial charge in [-0.2, -0.15) is 0 Å². The minimum atomic E-state index is -10.7. The van der Waals surface area contributed by atoms with Gasteiger partial charge >= 0.3 is 33.0 Å². The number of rotatable bonds is 9. The third-order valence-corrected chi connectivity index (χ3v) is 5.12. The van der Waals surface area contributed by atoms with Gasteiger partial charge in [0.05, 0.1) is 0 Å². The second-order valence-corrected chi connectivity index (χ2v) is 10.3. The quantitative estimate of drug-likeness (QED) is 0.115. The molecule has 30 heavy (non-hydrogen) atoms. The Hall–Kier alpha value is -1.18. The number of Topliss-reactive ketones (excluding diaryl/α,β-unsaturated/α-hetero) is 1. The average molecular weight is 491 g/mol. The first-order chi connectivity index (χ1) is 13.6. The molecule has 0 amide bonds. The molecule has 0 aliphatic heterocycles. The molecule has 0 fully saturated rings. The molecule has 0 N–H and O–H groups in total. The molecule has 0 saturated carbocycles. The number of unbranched alkanes of at least 4 members (excludes halogenated alkanes) is 4. The van der Waals surface area contributed by atoms with Gasteiger partial charge in [0, 0.05) is 21.8 Å². The first-order valence-electron chi connectivity index (χ1n) is 9.33. The van der Waals surface area contributed by atoms with E-state index in [2.05, 4.69) is 31.7 Å². The molecule has 0 atom stereocenters. The SMILES string of the molecule is CCCCCCCC(=O)c1ccc(Sc2ccc([SH2+])cc2)cc1.F[P-](F)(F)(F)(F)F. The van der Waals surface area contributed by atoms with E-state index in [4.69, 9.17) is 0 Å². The minimum absolute atomic E-state index is 0.265. The normalized spacial score (nSPS) is 13.6. The fraction of sp³-hybridized carbons (Fsp3) is 0.350. The molecule has 0 unspecified atom stereocenters. The number of ketones is 1. The van der Waals surface area contributed by atoms with E-state index in [9.17, 15) is 30.0 Å². The van der Waals surface area contributed by atoms with Crippen molar-refractivity contribution >= 4 is 38.0 Å². The van der Waals surface area contributed by atoms with E-state index in [0.29, 0.717) is 6.42 Å². The monoisotopic (exact) mass is 490 g/mol. The van der Waals surface area contributed by atoms with Crippen molar-refractivity contribution in [3.63, 3.8) is 0 Å². The van der Waals surface area contributed by atoms with Gasteiger partial charge in [0.2, 0.25) is 0 Å². The van der Waals surface area contributed by atoms with Gasteiger partial charge in [0.15, 0.2) is 5.78 Å². The molecule has 10 heteroatoms. The molecule has 0 bridgehead atoms. The molecule has 0 spiro atoms. The van der Waals surface area contributed by atoms with E-state index >= 15 is 0 Å². The first-order valence-corrected chi connectivity index (χ1v) is 12.7.